The van der Waals surface area contributed by atoms with Gasteiger partial charge in [-0.05, 0) is 24.8 Å². The zero-order chi connectivity index (χ0) is 20.9. The second-order valence-corrected chi connectivity index (χ2v) is 11.6. The van der Waals surface area contributed by atoms with Crippen molar-refractivity contribution in [3.63, 3.8) is 0 Å². The highest BCUT2D eigenvalue weighted by Gasteiger charge is 2.34. The van der Waals surface area contributed by atoms with E-state index in [9.17, 15) is 18.0 Å². The maximum atomic E-state index is 12.9. The summed E-state index contributed by atoms with van der Waals surface area (Å²) in [6.45, 7) is 2.34. The third-order valence-corrected chi connectivity index (χ3v) is 8.65. The third-order valence-electron chi connectivity index (χ3n) is 4.09. The van der Waals surface area contributed by atoms with Crippen molar-refractivity contribution in [3.8, 4) is 0 Å². The molecule has 9 nitrogen and oxygen atoms in total. The van der Waals surface area contributed by atoms with Gasteiger partial charge in [0.1, 0.15) is 0 Å². The summed E-state index contributed by atoms with van der Waals surface area (Å²) >= 11 is 3.88. The van der Waals surface area contributed by atoms with Crippen molar-refractivity contribution in [1.29, 1.82) is 0 Å². The van der Waals surface area contributed by atoms with E-state index in [-0.39, 0.29) is 40.9 Å². The molecule has 13 heteroatoms. The Hall–Kier alpha value is -1.70. The SMILES string of the molecule is CCOC(=O)Nc1nnc(SCC(=O)N(Cc2cccs2)C2CCS(=O)(=O)C2)s1. The van der Waals surface area contributed by atoms with E-state index >= 15 is 0 Å². The smallest absolute Gasteiger partial charge is 0.413 e. The molecule has 1 unspecified atom stereocenters. The van der Waals surface area contributed by atoms with Gasteiger partial charge in [0.15, 0.2) is 14.2 Å². The first-order valence-electron chi connectivity index (χ1n) is 8.78. The predicted octanol–water partition coefficient (Wildman–Crippen LogP) is 2.48. The van der Waals surface area contributed by atoms with E-state index in [1.54, 1.807) is 11.8 Å². The van der Waals surface area contributed by atoms with Crippen LogP contribution in [0.1, 0.15) is 18.2 Å². The maximum absolute atomic E-state index is 12.9. The van der Waals surface area contributed by atoms with Gasteiger partial charge in [0.25, 0.3) is 0 Å². The van der Waals surface area contributed by atoms with Gasteiger partial charge in [-0.15, -0.1) is 21.5 Å². The summed E-state index contributed by atoms with van der Waals surface area (Å²) in [6, 6.07) is 3.52. The van der Waals surface area contributed by atoms with Crippen LogP contribution < -0.4 is 5.32 Å². The van der Waals surface area contributed by atoms with Gasteiger partial charge in [0.05, 0.1) is 30.4 Å². The van der Waals surface area contributed by atoms with Gasteiger partial charge in [-0.2, -0.15) is 0 Å². The fourth-order valence-corrected chi connectivity index (χ4v) is 6.85. The Kier molecular flexibility index (Phi) is 7.49. The number of aromatic nitrogens is 2. The number of nitrogens with one attached hydrogen (secondary N) is 1. The lowest BCUT2D eigenvalue weighted by atomic mass is 10.2. The number of nitrogens with zero attached hydrogens (tertiary/aromatic N) is 3. The summed E-state index contributed by atoms with van der Waals surface area (Å²) in [4.78, 5) is 27.0. The van der Waals surface area contributed by atoms with Crippen molar-refractivity contribution >= 4 is 61.4 Å². The Morgan fingerprint density at radius 1 is 1.41 bits per heavy atom. The van der Waals surface area contributed by atoms with E-state index < -0.39 is 15.9 Å². The first kappa shape index (κ1) is 22.0. The lowest BCUT2D eigenvalue weighted by molar-refractivity contribution is -0.130. The molecule has 158 valence electrons. The number of carbonyl (C=O) groups excluding carboxylic acids is 2. The summed E-state index contributed by atoms with van der Waals surface area (Å²) < 4.78 is 29.1. The van der Waals surface area contributed by atoms with E-state index in [0.29, 0.717) is 17.3 Å². The number of amides is 2. The van der Waals surface area contributed by atoms with E-state index in [1.807, 2.05) is 17.5 Å². The van der Waals surface area contributed by atoms with E-state index in [4.69, 9.17) is 4.74 Å². The summed E-state index contributed by atoms with van der Waals surface area (Å²) in [6.07, 6.45) is -0.155. The number of rotatable bonds is 8. The molecule has 29 heavy (non-hydrogen) atoms. The predicted molar refractivity (Wildman–Crippen MR) is 113 cm³/mol. The van der Waals surface area contributed by atoms with Crippen LogP contribution in [0, 0.1) is 0 Å². The molecule has 1 aliphatic rings. The van der Waals surface area contributed by atoms with Crippen LogP contribution in [-0.2, 0) is 25.9 Å². The first-order valence-corrected chi connectivity index (χ1v) is 13.3. The molecule has 1 N–H and O–H groups in total. The van der Waals surface area contributed by atoms with E-state index in [0.717, 1.165) is 16.2 Å². The van der Waals surface area contributed by atoms with Crippen LogP contribution >= 0.6 is 34.4 Å². The number of thioether (sulfide) groups is 1. The standard InChI is InChI=1S/C16H20N4O5S4/c1-2-25-15(22)17-14-18-19-16(28-14)27-9-13(21)20(8-12-4-3-6-26-12)11-5-7-29(23,24)10-11/h3-4,6,11H,2,5,7-10H2,1H3,(H,17,18,22). The maximum Gasteiger partial charge on any atom is 0.413 e. The molecular weight excluding hydrogens is 456 g/mol. The molecule has 0 aromatic carbocycles. The van der Waals surface area contributed by atoms with Crippen molar-refractivity contribution in [3.05, 3.63) is 22.4 Å². The minimum absolute atomic E-state index is 0.00119. The van der Waals surface area contributed by atoms with Gasteiger partial charge >= 0.3 is 6.09 Å². The number of hydrogen-bond donors (Lipinski definition) is 1. The van der Waals surface area contributed by atoms with Crippen LogP contribution in [0.25, 0.3) is 0 Å². The molecule has 0 bridgehead atoms. The Balaban J connectivity index is 1.61. The quantitative estimate of drug-likeness (QED) is 0.456. The normalized spacial score (nSPS) is 17.8. The lowest BCUT2D eigenvalue weighted by Gasteiger charge is -2.27. The van der Waals surface area contributed by atoms with E-state index in [1.165, 1.54) is 23.1 Å². The third kappa shape index (κ3) is 6.39. The molecule has 1 aliphatic heterocycles. The molecule has 1 saturated heterocycles. The van der Waals surface area contributed by atoms with Crippen molar-refractivity contribution in [2.75, 3.05) is 29.2 Å². The Morgan fingerprint density at radius 3 is 2.90 bits per heavy atom. The van der Waals surface area contributed by atoms with Crippen LogP contribution in [0.5, 0.6) is 0 Å². The number of carbonyl (C=O) groups is 2. The van der Waals surface area contributed by atoms with Crippen molar-refractivity contribution in [2.45, 2.75) is 30.3 Å². The molecule has 0 spiro atoms. The monoisotopic (exact) mass is 476 g/mol. The molecule has 2 aromatic heterocycles. The molecule has 2 amide bonds. The van der Waals surface area contributed by atoms with Gasteiger partial charge in [-0.3, -0.25) is 10.1 Å². The number of hydrogen-bond acceptors (Lipinski definition) is 10. The Morgan fingerprint density at radius 2 is 2.24 bits per heavy atom. The van der Waals surface area contributed by atoms with Crippen molar-refractivity contribution < 1.29 is 22.7 Å². The summed E-state index contributed by atoms with van der Waals surface area (Å²) in [5, 5.41) is 12.5. The minimum atomic E-state index is -3.10. The second-order valence-electron chi connectivity index (χ2n) is 6.17. The minimum Gasteiger partial charge on any atom is -0.450 e. The molecule has 3 heterocycles. The molecule has 2 aromatic rings. The summed E-state index contributed by atoms with van der Waals surface area (Å²) in [5.74, 6) is 0.0655. The topological polar surface area (TPSA) is 119 Å². The van der Waals surface area contributed by atoms with Gasteiger partial charge < -0.3 is 9.64 Å². The highest BCUT2D eigenvalue weighted by atomic mass is 32.2. The molecular formula is C16H20N4O5S4. The number of ether oxygens (including phenoxy) is 1. The summed E-state index contributed by atoms with van der Waals surface area (Å²) in [7, 11) is -3.10. The van der Waals surface area contributed by atoms with Crippen molar-refractivity contribution in [1.82, 2.24) is 15.1 Å². The van der Waals surface area contributed by atoms with Crippen molar-refractivity contribution in [2.24, 2.45) is 0 Å². The summed E-state index contributed by atoms with van der Waals surface area (Å²) in [5.41, 5.74) is 0. The van der Waals surface area contributed by atoms with Crippen LogP contribution in [0.2, 0.25) is 0 Å². The zero-order valence-electron chi connectivity index (χ0n) is 15.6. The van der Waals surface area contributed by atoms with Gasteiger partial charge in [0.2, 0.25) is 11.0 Å². The molecule has 1 atom stereocenters. The van der Waals surface area contributed by atoms with Crippen LogP contribution in [0.15, 0.2) is 21.9 Å². The zero-order valence-corrected chi connectivity index (χ0v) is 18.8. The highest BCUT2D eigenvalue weighted by Crippen LogP contribution is 2.28. The second kappa shape index (κ2) is 9.87. The molecule has 0 aliphatic carbocycles. The fourth-order valence-electron chi connectivity index (χ4n) is 2.79. The number of sulfone groups is 1. The average Bonchev–Trinajstić information content (AvgIpc) is 3.39. The van der Waals surface area contributed by atoms with Gasteiger partial charge in [-0.25, -0.2) is 13.2 Å². The van der Waals surface area contributed by atoms with Gasteiger partial charge in [-0.1, -0.05) is 29.2 Å². The molecule has 0 saturated carbocycles. The first-order chi connectivity index (χ1) is 13.9. The van der Waals surface area contributed by atoms with E-state index in [2.05, 4.69) is 15.5 Å². The highest BCUT2D eigenvalue weighted by molar-refractivity contribution is 8.01. The fraction of sp³-hybridized carbons (Fsp3) is 0.500. The molecule has 0 radical (unpaired) electrons. The van der Waals surface area contributed by atoms with Crippen LogP contribution in [0.4, 0.5) is 9.93 Å². The average molecular weight is 477 g/mol. The number of thiophene rings is 1. The Bertz CT molecular complexity index is 944. The largest absolute Gasteiger partial charge is 0.450 e. The number of anilines is 1. The Labute approximate surface area is 180 Å². The van der Waals surface area contributed by atoms with Crippen LogP contribution in [-0.4, -0.2) is 65.4 Å². The lowest BCUT2D eigenvalue weighted by Crippen LogP contribution is -2.41. The molecule has 1 fully saturated rings. The van der Waals surface area contributed by atoms with Crippen LogP contribution in [0.3, 0.4) is 0 Å². The van der Waals surface area contributed by atoms with Gasteiger partial charge in [0, 0.05) is 10.9 Å². The molecule has 3 rings (SSSR count).